The van der Waals surface area contributed by atoms with Crippen molar-refractivity contribution in [3.05, 3.63) is 126 Å². The predicted molar refractivity (Wildman–Crippen MR) is 129 cm³/mol. The van der Waals surface area contributed by atoms with Crippen LogP contribution in [0.3, 0.4) is 0 Å². The van der Waals surface area contributed by atoms with Gasteiger partial charge in [-0.25, -0.2) is 0 Å². The topological polar surface area (TPSA) is 17.1 Å². The Morgan fingerprint density at radius 2 is 0.933 bits per heavy atom. The summed E-state index contributed by atoms with van der Waals surface area (Å²) in [6.07, 6.45) is 0.410. The maximum absolute atomic E-state index is 12.7. The van der Waals surface area contributed by atoms with E-state index >= 15 is 0 Å². The zero-order chi connectivity index (χ0) is 20.4. The molecule has 0 atom stereocenters. The monoisotopic (exact) mass is 404 g/mol. The molecule has 1 nitrogen and oxygen atoms in total. The fourth-order valence-electron chi connectivity index (χ4n) is 4.24. The van der Waals surface area contributed by atoms with Crippen molar-refractivity contribution in [1.29, 1.82) is 0 Å². The molecule has 0 saturated carbocycles. The average molecular weight is 404 g/mol. The van der Waals surface area contributed by atoms with E-state index in [4.69, 9.17) is 0 Å². The number of carbonyl (C=O) groups is 1. The zero-order valence-corrected chi connectivity index (χ0v) is 17.4. The van der Waals surface area contributed by atoms with E-state index in [1.807, 2.05) is 18.2 Å². The molecule has 0 unspecified atom stereocenters. The Labute approximate surface area is 177 Å². The van der Waals surface area contributed by atoms with Gasteiger partial charge < -0.3 is 0 Å². The summed E-state index contributed by atoms with van der Waals surface area (Å²) in [5.74, 6) is 0.181. The van der Waals surface area contributed by atoms with Gasteiger partial charge >= 0.3 is 0 Å². The molecule has 0 spiro atoms. The average Bonchev–Trinajstić information content (AvgIpc) is 3.14. The van der Waals surface area contributed by atoms with E-state index < -0.39 is 6.89 Å². The van der Waals surface area contributed by atoms with Gasteiger partial charge in [-0.1, -0.05) is 115 Å². The van der Waals surface area contributed by atoms with Crippen LogP contribution in [0.2, 0.25) is 0 Å². The minimum atomic E-state index is -2.22. The highest BCUT2D eigenvalue weighted by Gasteiger charge is 2.28. The fraction of sp³-hybridized carbons (Fsp3) is 0.0357. The van der Waals surface area contributed by atoms with Gasteiger partial charge in [0.2, 0.25) is 0 Å². The van der Waals surface area contributed by atoms with Gasteiger partial charge in [0.1, 0.15) is 0 Å². The summed E-state index contributed by atoms with van der Waals surface area (Å²) in [4.78, 5) is 12.7. The Morgan fingerprint density at radius 3 is 1.40 bits per heavy atom. The Hall–Kier alpha value is -3.37. The molecule has 2 heteroatoms. The number of hydrogen-bond acceptors (Lipinski definition) is 1. The lowest BCUT2D eigenvalue weighted by atomic mass is 10.1. The van der Waals surface area contributed by atoms with Crippen LogP contribution in [0.4, 0.5) is 0 Å². The first-order valence-electron chi connectivity index (χ1n) is 10.1. The summed E-state index contributed by atoms with van der Waals surface area (Å²) in [7, 11) is 0. The van der Waals surface area contributed by atoms with Gasteiger partial charge in [0.05, 0.1) is 0 Å². The van der Waals surface area contributed by atoms with Gasteiger partial charge in [0.15, 0.2) is 5.78 Å². The van der Waals surface area contributed by atoms with E-state index in [-0.39, 0.29) is 5.78 Å². The minimum absolute atomic E-state index is 0.181. The Balaban J connectivity index is 1.99. The van der Waals surface area contributed by atoms with Crippen LogP contribution < -0.4 is 15.9 Å². The molecule has 5 rings (SSSR count). The van der Waals surface area contributed by atoms with Crippen molar-refractivity contribution < 1.29 is 4.79 Å². The van der Waals surface area contributed by atoms with Gasteiger partial charge in [0, 0.05) is 24.4 Å². The molecule has 0 radical (unpaired) electrons. The SMILES string of the molecule is O=C1CC(=C=P(c2ccccc2)(c2ccccc2)c2ccccc2)c2ccccc21. The fourth-order valence-corrected chi connectivity index (χ4v) is 7.98. The van der Waals surface area contributed by atoms with Gasteiger partial charge in [-0.05, 0) is 21.5 Å². The largest absolute Gasteiger partial charge is 0.294 e. The quantitative estimate of drug-likeness (QED) is 0.437. The van der Waals surface area contributed by atoms with Gasteiger partial charge in [-0.2, -0.15) is 0 Å². The first kappa shape index (κ1) is 18.6. The molecule has 30 heavy (non-hydrogen) atoms. The summed E-state index contributed by atoms with van der Waals surface area (Å²) < 4.78 is 0. The van der Waals surface area contributed by atoms with Crippen molar-refractivity contribution in [2.45, 2.75) is 6.42 Å². The van der Waals surface area contributed by atoms with Crippen molar-refractivity contribution in [2.75, 3.05) is 0 Å². The highest BCUT2D eigenvalue weighted by molar-refractivity contribution is 7.94. The van der Waals surface area contributed by atoms with Crippen LogP contribution in [0.1, 0.15) is 22.3 Å². The molecule has 0 N–H and O–H groups in total. The van der Waals surface area contributed by atoms with Crippen molar-refractivity contribution in [1.82, 2.24) is 0 Å². The van der Waals surface area contributed by atoms with E-state index in [0.29, 0.717) is 6.42 Å². The summed E-state index contributed by atoms with van der Waals surface area (Å²) in [5, 5.41) is 3.73. The number of Topliss-reactive ketones (excluding diaryl/α,β-unsaturated/α-hetero) is 1. The number of benzene rings is 4. The van der Waals surface area contributed by atoms with Crippen LogP contribution in [-0.2, 0) is 0 Å². The smallest absolute Gasteiger partial charge is 0.168 e. The van der Waals surface area contributed by atoms with E-state index in [0.717, 1.165) is 16.7 Å². The van der Waals surface area contributed by atoms with Crippen LogP contribution in [-0.4, -0.2) is 11.2 Å². The second-order valence-corrected chi connectivity index (χ2v) is 10.5. The van der Waals surface area contributed by atoms with E-state index in [1.165, 1.54) is 15.9 Å². The Morgan fingerprint density at radius 1 is 0.533 bits per heavy atom. The van der Waals surface area contributed by atoms with Crippen molar-refractivity contribution >= 4 is 39.6 Å². The van der Waals surface area contributed by atoms with Crippen LogP contribution in [0.25, 0.3) is 5.57 Å². The highest BCUT2D eigenvalue weighted by atomic mass is 31.2. The van der Waals surface area contributed by atoms with Crippen LogP contribution in [0.15, 0.2) is 115 Å². The lowest BCUT2D eigenvalue weighted by Gasteiger charge is -2.26. The molecule has 1 aliphatic rings. The van der Waals surface area contributed by atoms with Crippen molar-refractivity contribution in [3.63, 3.8) is 0 Å². The van der Waals surface area contributed by atoms with E-state index in [2.05, 4.69) is 103 Å². The number of carbonyl (C=O) groups excluding carboxylic acids is 1. The molecule has 0 bridgehead atoms. The van der Waals surface area contributed by atoms with Crippen molar-refractivity contribution in [3.8, 4) is 0 Å². The number of allylic oxidation sites excluding steroid dienone is 1. The third kappa shape index (κ3) is 3.10. The first-order chi connectivity index (χ1) is 14.8. The molecule has 0 fully saturated rings. The summed E-state index contributed by atoms with van der Waals surface area (Å²) >= 11 is 0. The molecule has 0 saturated heterocycles. The first-order valence-corrected chi connectivity index (χ1v) is 11.9. The molecule has 0 heterocycles. The third-order valence-electron chi connectivity index (χ3n) is 5.62. The summed E-state index contributed by atoms with van der Waals surface area (Å²) in [5.41, 5.74) is 6.82. The molecule has 4 aromatic rings. The Bertz CT molecular complexity index is 1200. The maximum atomic E-state index is 12.7. The molecule has 0 amide bonds. The Kier molecular flexibility index (Phi) is 4.85. The summed E-state index contributed by atoms with van der Waals surface area (Å²) in [6, 6.07) is 39.8. The minimum Gasteiger partial charge on any atom is -0.294 e. The standard InChI is InChI=1S/C28H21OP/c29-28-20-22(26-18-10-11-19-27(26)28)21-30(23-12-4-1-5-13-23,24-14-6-2-7-15-24)25-16-8-3-9-17-25/h1-19H,20H2. The van der Waals surface area contributed by atoms with Crippen LogP contribution >= 0.6 is 6.89 Å². The van der Waals surface area contributed by atoms with E-state index in [1.54, 1.807) is 0 Å². The molecular formula is C28H21OP. The summed E-state index contributed by atoms with van der Waals surface area (Å²) in [6.45, 7) is -2.22. The maximum Gasteiger partial charge on any atom is 0.168 e. The van der Waals surface area contributed by atoms with Crippen LogP contribution in [0.5, 0.6) is 0 Å². The lowest BCUT2D eigenvalue weighted by Crippen LogP contribution is -2.26. The number of ketones is 1. The molecule has 144 valence electrons. The molecule has 4 aromatic carbocycles. The van der Waals surface area contributed by atoms with Gasteiger partial charge in [0.25, 0.3) is 0 Å². The second kappa shape index (κ2) is 7.81. The zero-order valence-electron chi connectivity index (χ0n) is 16.5. The highest BCUT2D eigenvalue weighted by Crippen LogP contribution is 2.44. The van der Waals surface area contributed by atoms with Crippen LogP contribution in [0, 0.1) is 0 Å². The third-order valence-corrected chi connectivity index (χ3v) is 9.45. The lowest BCUT2D eigenvalue weighted by molar-refractivity contribution is 0.100. The predicted octanol–water partition coefficient (Wildman–Crippen LogP) is 5.05. The molecule has 1 aliphatic carbocycles. The molecular weight excluding hydrogens is 383 g/mol. The normalized spacial score (nSPS) is 13.1. The van der Waals surface area contributed by atoms with E-state index in [9.17, 15) is 4.79 Å². The van der Waals surface area contributed by atoms with Crippen molar-refractivity contribution in [2.24, 2.45) is 0 Å². The number of rotatable bonds is 3. The number of hydrogen-bond donors (Lipinski definition) is 0. The number of fused-ring (bicyclic) bond motifs is 1. The van der Waals surface area contributed by atoms with Gasteiger partial charge in [-0.3, -0.25) is 4.79 Å². The second-order valence-electron chi connectivity index (χ2n) is 7.41. The van der Waals surface area contributed by atoms with Gasteiger partial charge in [-0.15, -0.1) is 5.45 Å². The molecule has 0 aliphatic heterocycles. The molecule has 0 aromatic heterocycles.